The summed E-state index contributed by atoms with van der Waals surface area (Å²) in [4.78, 5) is 19.8. The van der Waals surface area contributed by atoms with Crippen LogP contribution in [0.3, 0.4) is 0 Å². The second kappa shape index (κ2) is 8.87. The second-order valence-corrected chi connectivity index (χ2v) is 8.67. The molecule has 29 heavy (non-hydrogen) atoms. The number of para-hydroxylation sites is 2. The van der Waals surface area contributed by atoms with E-state index in [1.54, 1.807) is 0 Å². The number of hydrogen-bond donors (Lipinski definition) is 1. The highest BCUT2D eigenvalue weighted by atomic mass is 32.2. The van der Waals surface area contributed by atoms with Crippen LogP contribution in [-0.2, 0) is 4.79 Å². The van der Waals surface area contributed by atoms with Crippen LogP contribution in [0.25, 0.3) is 10.9 Å². The van der Waals surface area contributed by atoms with Crippen molar-refractivity contribution in [2.24, 2.45) is 0 Å². The Balaban J connectivity index is 1.44. The van der Waals surface area contributed by atoms with Crippen molar-refractivity contribution >= 4 is 39.9 Å². The standard InChI is InChI=1S/C24H27N3OS/c1-17-10-11-19-15-18(2)24(26-21(19)14-17)29-16-23(28)25-20-8-4-5-9-22(20)27-12-6-3-7-13-27/h4-5,8-11,14-15H,3,6-7,12-13,16H2,1-2H3,(H,25,28). The molecule has 1 aromatic heterocycles. The van der Waals surface area contributed by atoms with Crippen molar-refractivity contribution in [2.45, 2.75) is 38.1 Å². The van der Waals surface area contributed by atoms with Gasteiger partial charge in [-0.05, 0) is 68.5 Å². The second-order valence-electron chi connectivity index (χ2n) is 7.71. The van der Waals surface area contributed by atoms with Gasteiger partial charge < -0.3 is 10.2 Å². The number of piperidine rings is 1. The molecule has 0 spiro atoms. The Kier molecular flexibility index (Phi) is 6.05. The van der Waals surface area contributed by atoms with Gasteiger partial charge in [-0.3, -0.25) is 4.79 Å². The Morgan fingerprint density at radius 1 is 1.07 bits per heavy atom. The van der Waals surface area contributed by atoms with Crippen LogP contribution in [-0.4, -0.2) is 29.7 Å². The van der Waals surface area contributed by atoms with Crippen LogP contribution in [0.1, 0.15) is 30.4 Å². The fourth-order valence-electron chi connectivity index (χ4n) is 3.82. The first-order valence-corrected chi connectivity index (χ1v) is 11.2. The molecule has 0 unspecified atom stereocenters. The maximum Gasteiger partial charge on any atom is 0.234 e. The zero-order valence-electron chi connectivity index (χ0n) is 17.1. The van der Waals surface area contributed by atoms with Gasteiger partial charge in [0.05, 0.1) is 22.6 Å². The number of carbonyl (C=O) groups excluding carboxylic acids is 1. The minimum atomic E-state index is 0.00463. The highest BCUT2D eigenvalue weighted by Crippen LogP contribution is 2.29. The molecule has 0 saturated carbocycles. The molecule has 1 saturated heterocycles. The molecular formula is C24H27N3OS. The summed E-state index contributed by atoms with van der Waals surface area (Å²) in [6.07, 6.45) is 3.72. The largest absolute Gasteiger partial charge is 0.370 e. The first kappa shape index (κ1) is 19.8. The summed E-state index contributed by atoms with van der Waals surface area (Å²) in [6.45, 7) is 6.24. The summed E-state index contributed by atoms with van der Waals surface area (Å²) in [5.41, 5.74) is 5.30. The Morgan fingerprint density at radius 2 is 1.86 bits per heavy atom. The van der Waals surface area contributed by atoms with Gasteiger partial charge in [-0.25, -0.2) is 4.98 Å². The number of aryl methyl sites for hydroxylation is 2. The first-order chi connectivity index (χ1) is 14.1. The summed E-state index contributed by atoms with van der Waals surface area (Å²) in [6, 6.07) is 16.6. The van der Waals surface area contributed by atoms with Gasteiger partial charge >= 0.3 is 0 Å². The van der Waals surface area contributed by atoms with Crippen LogP contribution in [0.5, 0.6) is 0 Å². The Labute approximate surface area is 176 Å². The number of pyridine rings is 1. The highest BCUT2D eigenvalue weighted by Gasteiger charge is 2.16. The quantitative estimate of drug-likeness (QED) is 0.564. The molecule has 2 heterocycles. The highest BCUT2D eigenvalue weighted by molar-refractivity contribution is 8.00. The van der Waals surface area contributed by atoms with E-state index in [-0.39, 0.29) is 5.91 Å². The number of anilines is 2. The van der Waals surface area contributed by atoms with Gasteiger partial charge in [-0.1, -0.05) is 36.0 Å². The van der Waals surface area contributed by atoms with E-state index in [0.29, 0.717) is 5.75 Å². The summed E-state index contributed by atoms with van der Waals surface area (Å²) in [7, 11) is 0. The lowest BCUT2D eigenvalue weighted by molar-refractivity contribution is -0.113. The van der Waals surface area contributed by atoms with Crippen molar-refractivity contribution in [1.82, 2.24) is 4.98 Å². The molecule has 3 aromatic rings. The maximum absolute atomic E-state index is 12.7. The van der Waals surface area contributed by atoms with E-state index in [1.165, 1.54) is 36.6 Å². The number of carbonyl (C=O) groups is 1. The van der Waals surface area contributed by atoms with Crippen molar-refractivity contribution in [3.05, 3.63) is 59.7 Å². The molecule has 1 fully saturated rings. The third-order valence-corrected chi connectivity index (χ3v) is 6.43. The van der Waals surface area contributed by atoms with Crippen LogP contribution in [0.4, 0.5) is 11.4 Å². The number of benzene rings is 2. The number of hydrogen-bond acceptors (Lipinski definition) is 4. The normalized spacial score (nSPS) is 14.2. The molecule has 0 bridgehead atoms. The van der Waals surface area contributed by atoms with Gasteiger partial charge in [0.1, 0.15) is 5.03 Å². The zero-order chi connectivity index (χ0) is 20.2. The van der Waals surface area contributed by atoms with Crippen molar-refractivity contribution < 1.29 is 4.79 Å². The third-order valence-electron chi connectivity index (χ3n) is 5.33. The number of fused-ring (bicyclic) bond motifs is 1. The van der Waals surface area contributed by atoms with E-state index in [4.69, 9.17) is 4.98 Å². The Hall–Kier alpha value is -2.53. The fraction of sp³-hybridized carbons (Fsp3) is 0.333. The minimum absolute atomic E-state index is 0.00463. The van der Waals surface area contributed by atoms with Gasteiger partial charge in [0.15, 0.2) is 0 Å². The van der Waals surface area contributed by atoms with Crippen molar-refractivity contribution in [2.75, 3.05) is 29.1 Å². The van der Waals surface area contributed by atoms with Crippen molar-refractivity contribution in [3.8, 4) is 0 Å². The Morgan fingerprint density at radius 3 is 2.69 bits per heavy atom. The molecule has 150 valence electrons. The van der Waals surface area contributed by atoms with Crippen LogP contribution in [0.2, 0.25) is 0 Å². The van der Waals surface area contributed by atoms with Crippen LogP contribution >= 0.6 is 11.8 Å². The summed E-state index contributed by atoms with van der Waals surface area (Å²) < 4.78 is 0. The molecule has 0 radical (unpaired) electrons. The van der Waals surface area contributed by atoms with E-state index in [9.17, 15) is 4.79 Å². The molecule has 0 atom stereocenters. The van der Waals surface area contributed by atoms with E-state index < -0.39 is 0 Å². The van der Waals surface area contributed by atoms with E-state index >= 15 is 0 Å². The zero-order valence-corrected chi connectivity index (χ0v) is 17.9. The summed E-state index contributed by atoms with van der Waals surface area (Å²) >= 11 is 1.50. The molecule has 1 N–H and O–H groups in total. The van der Waals surface area contributed by atoms with Crippen LogP contribution in [0, 0.1) is 13.8 Å². The number of rotatable bonds is 5. The lowest BCUT2D eigenvalue weighted by Gasteiger charge is -2.30. The molecule has 1 aliphatic heterocycles. The smallest absolute Gasteiger partial charge is 0.234 e. The summed E-state index contributed by atoms with van der Waals surface area (Å²) in [5, 5.41) is 5.17. The predicted octanol–water partition coefficient (Wildman–Crippen LogP) is 5.57. The topological polar surface area (TPSA) is 45.2 Å². The summed E-state index contributed by atoms with van der Waals surface area (Å²) in [5.74, 6) is 0.351. The van der Waals surface area contributed by atoms with Crippen LogP contribution in [0.15, 0.2) is 53.6 Å². The van der Waals surface area contributed by atoms with E-state index in [1.807, 2.05) is 18.2 Å². The first-order valence-electron chi connectivity index (χ1n) is 10.2. The maximum atomic E-state index is 12.7. The minimum Gasteiger partial charge on any atom is -0.370 e. The van der Waals surface area contributed by atoms with Gasteiger partial charge in [0.25, 0.3) is 0 Å². The van der Waals surface area contributed by atoms with Gasteiger partial charge in [0, 0.05) is 18.5 Å². The lowest BCUT2D eigenvalue weighted by Crippen LogP contribution is -2.30. The lowest BCUT2D eigenvalue weighted by atomic mass is 10.1. The van der Waals surface area contributed by atoms with Gasteiger partial charge in [-0.15, -0.1) is 0 Å². The number of thioether (sulfide) groups is 1. The number of amides is 1. The monoisotopic (exact) mass is 405 g/mol. The predicted molar refractivity (Wildman–Crippen MR) is 123 cm³/mol. The molecular weight excluding hydrogens is 378 g/mol. The molecule has 0 aliphatic carbocycles. The third kappa shape index (κ3) is 4.73. The molecule has 1 amide bonds. The number of nitrogens with one attached hydrogen (secondary N) is 1. The number of nitrogens with zero attached hydrogens (tertiary/aromatic N) is 2. The van der Waals surface area contributed by atoms with E-state index in [2.05, 4.69) is 54.4 Å². The van der Waals surface area contributed by atoms with Gasteiger partial charge in [-0.2, -0.15) is 0 Å². The molecule has 5 heteroatoms. The molecule has 2 aromatic carbocycles. The Bertz CT molecular complexity index is 1030. The number of aromatic nitrogens is 1. The molecule has 4 rings (SSSR count). The average molecular weight is 406 g/mol. The molecule has 1 aliphatic rings. The van der Waals surface area contributed by atoms with E-state index in [0.717, 1.165) is 46.0 Å². The van der Waals surface area contributed by atoms with Crippen molar-refractivity contribution in [1.29, 1.82) is 0 Å². The van der Waals surface area contributed by atoms with Gasteiger partial charge in [0.2, 0.25) is 5.91 Å². The van der Waals surface area contributed by atoms with Crippen molar-refractivity contribution in [3.63, 3.8) is 0 Å². The SMILES string of the molecule is Cc1ccc2cc(C)c(SCC(=O)Nc3ccccc3N3CCCCC3)nc2c1. The molecule has 4 nitrogen and oxygen atoms in total. The average Bonchev–Trinajstić information content (AvgIpc) is 2.73. The fourth-order valence-corrected chi connectivity index (χ4v) is 4.61. The van der Waals surface area contributed by atoms with Crippen LogP contribution < -0.4 is 10.2 Å².